The van der Waals surface area contributed by atoms with E-state index in [0.29, 0.717) is 5.69 Å². The normalized spacial score (nSPS) is 9.53. The summed E-state index contributed by atoms with van der Waals surface area (Å²) in [6.07, 6.45) is 0. The van der Waals surface area contributed by atoms with Crippen LogP contribution in [0.3, 0.4) is 0 Å². The third-order valence-electron chi connectivity index (χ3n) is 1.91. The Morgan fingerprint density at radius 3 is 2.13 bits per heavy atom. The molecule has 4 nitrogen and oxygen atoms in total. The Morgan fingerprint density at radius 1 is 1.13 bits per heavy atom. The molecular weight excluding hydrogens is 192 g/mol. The highest BCUT2D eigenvalue weighted by molar-refractivity contribution is 6.39. The van der Waals surface area contributed by atoms with Crippen molar-refractivity contribution < 1.29 is 9.59 Å². The molecular formula is C11H14N2O2. The molecule has 0 aliphatic rings. The van der Waals surface area contributed by atoms with E-state index in [9.17, 15) is 9.59 Å². The van der Waals surface area contributed by atoms with E-state index in [4.69, 9.17) is 0 Å². The molecule has 1 aromatic rings. The zero-order chi connectivity index (χ0) is 11.4. The van der Waals surface area contributed by atoms with Gasteiger partial charge in [0.25, 0.3) is 0 Å². The summed E-state index contributed by atoms with van der Waals surface area (Å²) < 4.78 is 0. The standard InChI is InChI=1S/C11H14N2O2/c1-8-4-6-9(7-5-8)12-10(14)11(15)13(2)3/h4-7H,1-3H3,(H,12,14). The smallest absolute Gasteiger partial charge is 0.313 e. The van der Waals surface area contributed by atoms with Crippen molar-refractivity contribution in [2.45, 2.75) is 6.92 Å². The van der Waals surface area contributed by atoms with Gasteiger partial charge in [-0.1, -0.05) is 17.7 Å². The van der Waals surface area contributed by atoms with E-state index in [0.717, 1.165) is 5.56 Å². The summed E-state index contributed by atoms with van der Waals surface area (Å²) in [7, 11) is 3.08. The molecule has 0 spiro atoms. The third kappa shape index (κ3) is 3.09. The van der Waals surface area contributed by atoms with Gasteiger partial charge in [0.2, 0.25) is 0 Å². The van der Waals surface area contributed by atoms with Crippen molar-refractivity contribution in [3.63, 3.8) is 0 Å². The highest BCUT2D eigenvalue weighted by atomic mass is 16.2. The Morgan fingerprint density at radius 2 is 1.67 bits per heavy atom. The largest absolute Gasteiger partial charge is 0.341 e. The molecule has 1 aromatic carbocycles. The van der Waals surface area contributed by atoms with Gasteiger partial charge in [0.05, 0.1) is 0 Å². The molecule has 0 aromatic heterocycles. The van der Waals surface area contributed by atoms with Crippen molar-refractivity contribution in [3.8, 4) is 0 Å². The fraction of sp³-hybridized carbons (Fsp3) is 0.273. The first-order valence-electron chi connectivity index (χ1n) is 4.60. The predicted molar refractivity (Wildman–Crippen MR) is 58.5 cm³/mol. The zero-order valence-corrected chi connectivity index (χ0v) is 9.07. The molecule has 0 saturated heterocycles. The Kier molecular flexibility index (Phi) is 3.44. The number of nitrogens with one attached hydrogen (secondary N) is 1. The van der Waals surface area contributed by atoms with Crippen molar-refractivity contribution in [1.82, 2.24) is 4.90 Å². The fourth-order valence-corrected chi connectivity index (χ4v) is 1.02. The topological polar surface area (TPSA) is 49.4 Å². The van der Waals surface area contributed by atoms with Crippen LogP contribution in [-0.2, 0) is 9.59 Å². The highest BCUT2D eigenvalue weighted by Crippen LogP contribution is 2.08. The van der Waals surface area contributed by atoms with Gasteiger partial charge in [0, 0.05) is 19.8 Å². The summed E-state index contributed by atoms with van der Waals surface area (Å²) in [5.41, 5.74) is 1.73. The van der Waals surface area contributed by atoms with Crippen LogP contribution in [0.15, 0.2) is 24.3 Å². The Balaban J connectivity index is 2.67. The molecule has 15 heavy (non-hydrogen) atoms. The maximum atomic E-state index is 11.3. The fourth-order valence-electron chi connectivity index (χ4n) is 1.02. The third-order valence-corrected chi connectivity index (χ3v) is 1.91. The van der Waals surface area contributed by atoms with Gasteiger partial charge in [-0.25, -0.2) is 0 Å². The maximum absolute atomic E-state index is 11.3. The number of hydrogen-bond donors (Lipinski definition) is 1. The van der Waals surface area contributed by atoms with Gasteiger partial charge in [-0.15, -0.1) is 0 Å². The number of anilines is 1. The maximum Gasteiger partial charge on any atom is 0.313 e. The average Bonchev–Trinajstić information content (AvgIpc) is 2.20. The van der Waals surface area contributed by atoms with Crippen molar-refractivity contribution in [3.05, 3.63) is 29.8 Å². The van der Waals surface area contributed by atoms with Crippen LogP contribution in [0.1, 0.15) is 5.56 Å². The second-order valence-electron chi connectivity index (χ2n) is 3.52. The number of nitrogens with zero attached hydrogens (tertiary/aromatic N) is 1. The number of carbonyl (C=O) groups is 2. The molecule has 0 saturated carbocycles. The average molecular weight is 206 g/mol. The summed E-state index contributed by atoms with van der Waals surface area (Å²) in [5.74, 6) is -1.18. The summed E-state index contributed by atoms with van der Waals surface area (Å²) in [6, 6.07) is 7.26. The van der Waals surface area contributed by atoms with Crippen LogP contribution in [0.5, 0.6) is 0 Å². The van der Waals surface area contributed by atoms with Crippen LogP contribution in [-0.4, -0.2) is 30.8 Å². The molecule has 80 valence electrons. The monoisotopic (exact) mass is 206 g/mol. The predicted octanol–water partition coefficient (Wildman–Crippen LogP) is 1.02. The van der Waals surface area contributed by atoms with Crippen molar-refractivity contribution in [2.24, 2.45) is 0 Å². The van der Waals surface area contributed by atoms with Crippen LogP contribution in [0.2, 0.25) is 0 Å². The number of rotatable bonds is 1. The van der Waals surface area contributed by atoms with Crippen molar-refractivity contribution >= 4 is 17.5 Å². The quantitative estimate of drug-likeness (QED) is 0.697. The number of amides is 2. The summed E-state index contributed by atoms with van der Waals surface area (Å²) in [6.45, 7) is 1.95. The molecule has 0 radical (unpaired) electrons. The van der Waals surface area contributed by atoms with Crippen LogP contribution < -0.4 is 5.32 Å². The van der Waals surface area contributed by atoms with E-state index in [-0.39, 0.29) is 0 Å². The first-order valence-corrected chi connectivity index (χ1v) is 4.60. The molecule has 0 atom stereocenters. The molecule has 2 amide bonds. The lowest BCUT2D eigenvalue weighted by atomic mass is 10.2. The number of likely N-dealkylation sites (N-methyl/N-ethyl adjacent to an activating group) is 1. The molecule has 0 aliphatic carbocycles. The van der Waals surface area contributed by atoms with Gasteiger partial charge in [-0.2, -0.15) is 0 Å². The van der Waals surface area contributed by atoms with Crippen LogP contribution in [0.25, 0.3) is 0 Å². The van der Waals surface area contributed by atoms with E-state index < -0.39 is 11.8 Å². The second-order valence-corrected chi connectivity index (χ2v) is 3.52. The van der Waals surface area contributed by atoms with Gasteiger partial charge in [-0.3, -0.25) is 9.59 Å². The molecule has 1 N–H and O–H groups in total. The zero-order valence-electron chi connectivity index (χ0n) is 9.07. The van der Waals surface area contributed by atoms with Gasteiger partial charge in [-0.05, 0) is 19.1 Å². The Hall–Kier alpha value is -1.84. The van der Waals surface area contributed by atoms with Crippen LogP contribution in [0, 0.1) is 6.92 Å². The molecule has 0 bridgehead atoms. The van der Waals surface area contributed by atoms with E-state index in [1.807, 2.05) is 19.1 Å². The number of benzene rings is 1. The molecule has 0 heterocycles. The van der Waals surface area contributed by atoms with E-state index in [1.165, 1.54) is 19.0 Å². The minimum absolute atomic E-state index is 0.560. The molecule has 4 heteroatoms. The number of hydrogen-bond acceptors (Lipinski definition) is 2. The van der Waals surface area contributed by atoms with Crippen LogP contribution in [0.4, 0.5) is 5.69 Å². The lowest BCUT2D eigenvalue weighted by molar-refractivity contribution is -0.141. The van der Waals surface area contributed by atoms with E-state index >= 15 is 0 Å². The Labute approximate surface area is 88.9 Å². The summed E-state index contributed by atoms with van der Waals surface area (Å²) in [4.78, 5) is 23.8. The van der Waals surface area contributed by atoms with Crippen molar-refractivity contribution in [2.75, 3.05) is 19.4 Å². The van der Waals surface area contributed by atoms with E-state index in [1.54, 1.807) is 12.1 Å². The molecule has 0 aliphatic heterocycles. The van der Waals surface area contributed by atoms with Gasteiger partial charge in [0.1, 0.15) is 0 Å². The highest BCUT2D eigenvalue weighted by Gasteiger charge is 2.15. The van der Waals surface area contributed by atoms with E-state index in [2.05, 4.69) is 5.32 Å². The number of aryl methyl sites for hydroxylation is 1. The van der Waals surface area contributed by atoms with Crippen molar-refractivity contribution in [1.29, 1.82) is 0 Å². The number of carbonyl (C=O) groups excluding carboxylic acids is 2. The molecule has 1 rings (SSSR count). The first kappa shape index (κ1) is 11.2. The lowest BCUT2D eigenvalue weighted by Gasteiger charge is -2.10. The summed E-state index contributed by atoms with van der Waals surface area (Å²) >= 11 is 0. The SMILES string of the molecule is Cc1ccc(NC(=O)C(=O)N(C)C)cc1. The lowest BCUT2D eigenvalue weighted by Crippen LogP contribution is -2.34. The minimum atomic E-state index is -0.621. The van der Waals surface area contributed by atoms with Gasteiger partial charge >= 0.3 is 11.8 Å². The van der Waals surface area contributed by atoms with Crippen LogP contribution >= 0.6 is 0 Å². The minimum Gasteiger partial charge on any atom is -0.341 e. The summed E-state index contributed by atoms with van der Waals surface area (Å²) in [5, 5.41) is 2.52. The molecule has 0 unspecified atom stereocenters. The van der Waals surface area contributed by atoms with Gasteiger partial charge < -0.3 is 10.2 Å². The first-order chi connectivity index (χ1) is 7.00. The molecule has 0 fully saturated rings. The second kappa shape index (κ2) is 4.59. The Bertz CT molecular complexity index is 369. The van der Waals surface area contributed by atoms with Gasteiger partial charge in [0.15, 0.2) is 0 Å².